The second-order valence-corrected chi connectivity index (χ2v) is 3.58. The van der Waals surface area contributed by atoms with Crippen LogP contribution in [0, 0.1) is 6.92 Å². The van der Waals surface area contributed by atoms with E-state index in [1.807, 2.05) is 6.92 Å². The third kappa shape index (κ3) is 2.48. The van der Waals surface area contributed by atoms with Crippen molar-refractivity contribution in [3.63, 3.8) is 0 Å². The lowest BCUT2D eigenvalue weighted by atomic mass is 10.1. The molecule has 0 saturated heterocycles. The lowest BCUT2D eigenvalue weighted by molar-refractivity contribution is -0.137. The molecule has 1 aromatic rings. The van der Waals surface area contributed by atoms with E-state index in [-0.39, 0.29) is 6.42 Å². The van der Waals surface area contributed by atoms with Crippen LogP contribution in [0.1, 0.15) is 24.1 Å². The second kappa shape index (κ2) is 4.46. The number of hydrogen-bond donors (Lipinski definition) is 1. The van der Waals surface area contributed by atoms with E-state index in [4.69, 9.17) is 16.7 Å². The molecule has 1 N–H and O–H groups in total. The van der Waals surface area contributed by atoms with Crippen LogP contribution in [-0.4, -0.2) is 20.9 Å². The molecule has 4 nitrogen and oxygen atoms in total. The van der Waals surface area contributed by atoms with Gasteiger partial charge in [0.05, 0.1) is 5.69 Å². The number of aromatic nitrogens is 2. The van der Waals surface area contributed by atoms with Gasteiger partial charge in [-0.25, -0.2) is 0 Å². The summed E-state index contributed by atoms with van der Waals surface area (Å²) in [6.07, 6.45) is 1.44. The number of nitrogens with zero attached hydrogens (tertiary/aromatic N) is 2. The predicted octanol–water partition coefficient (Wildman–Crippen LogP) is 1.79. The van der Waals surface area contributed by atoms with Gasteiger partial charge < -0.3 is 5.11 Å². The Bertz CT molecular complexity index is 347. The first-order valence-corrected chi connectivity index (χ1v) is 4.80. The highest BCUT2D eigenvalue weighted by molar-refractivity contribution is 6.30. The maximum Gasteiger partial charge on any atom is 0.303 e. The van der Waals surface area contributed by atoms with Crippen LogP contribution in [0.15, 0.2) is 0 Å². The van der Waals surface area contributed by atoms with Gasteiger partial charge in [-0.2, -0.15) is 5.10 Å². The minimum absolute atomic E-state index is 0.171. The second-order valence-electron chi connectivity index (χ2n) is 3.23. The van der Waals surface area contributed by atoms with E-state index < -0.39 is 5.97 Å². The molecule has 0 aliphatic heterocycles. The van der Waals surface area contributed by atoms with E-state index in [0.29, 0.717) is 18.0 Å². The summed E-state index contributed by atoms with van der Waals surface area (Å²) in [5.74, 6) is -0.775. The Morgan fingerprint density at radius 1 is 1.64 bits per heavy atom. The first-order valence-electron chi connectivity index (χ1n) is 4.42. The summed E-state index contributed by atoms with van der Waals surface area (Å²) in [5, 5.41) is 13.2. The standard InChI is InChI=1S/C9H13ClN2O2/c1-6-7(4-3-5-8(13)14)9(10)12(2)11-6/h3-5H2,1-2H3,(H,13,14). The molecular formula is C9H13ClN2O2. The zero-order valence-electron chi connectivity index (χ0n) is 8.25. The lowest BCUT2D eigenvalue weighted by Gasteiger charge is -1.98. The molecule has 0 fully saturated rings. The molecule has 0 saturated carbocycles. The molecule has 0 aliphatic carbocycles. The molecule has 0 bridgehead atoms. The summed E-state index contributed by atoms with van der Waals surface area (Å²) in [7, 11) is 1.77. The number of rotatable bonds is 4. The quantitative estimate of drug-likeness (QED) is 0.835. The highest BCUT2D eigenvalue weighted by Crippen LogP contribution is 2.20. The average Bonchev–Trinajstić information content (AvgIpc) is 2.31. The molecule has 5 heteroatoms. The van der Waals surface area contributed by atoms with Gasteiger partial charge in [-0.1, -0.05) is 11.6 Å². The highest BCUT2D eigenvalue weighted by Gasteiger charge is 2.10. The van der Waals surface area contributed by atoms with Gasteiger partial charge >= 0.3 is 5.97 Å². The molecule has 0 aromatic carbocycles. The molecule has 14 heavy (non-hydrogen) atoms. The van der Waals surface area contributed by atoms with E-state index in [2.05, 4.69) is 5.10 Å². The Kier molecular flexibility index (Phi) is 3.52. The topological polar surface area (TPSA) is 55.1 Å². The van der Waals surface area contributed by atoms with E-state index in [1.165, 1.54) is 0 Å². The minimum atomic E-state index is -0.775. The molecule has 0 radical (unpaired) electrons. The van der Waals surface area contributed by atoms with E-state index >= 15 is 0 Å². The van der Waals surface area contributed by atoms with Gasteiger partial charge in [0.1, 0.15) is 5.15 Å². The van der Waals surface area contributed by atoms with E-state index in [9.17, 15) is 4.79 Å². The van der Waals surface area contributed by atoms with Crippen molar-refractivity contribution in [3.05, 3.63) is 16.4 Å². The van der Waals surface area contributed by atoms with Crippen LogP contribution in [0.5, 0.6) is 0 Å². The maximum absolute atomic E-state index is 10.3. The zero-order chi connectivity index (χ0) is 10.7. The predicted molar refractivity (Wildman–Crippen MR) is 53.5 cm³/mol. The van der Waals surface area contributed by atoms with Crippen LogP contribution in [0.2, 0.25) is 5.15 Å². The third-order valence-corrected chi connectivity index (χ3v) is 2.56. The summed E-state index contributed by atoms with van der Waals surface area (Å²) in [6.45, 7) is 1.88. The van der Waals surface area contributed by atoms with Gasteiger partial charge in [-0.15, -0.1) is 0 Å². The van der Waals surface area contributed by atoms with Gasteiger partial charge in [-0.3, -0.25) is 9.48 Å². The SMILES string of the molecule is Cc1nn(C)c(Cl)c1CCCC(=O)O. The summed E-state index contributed by atoms with van der Waals surface area (Å²) in [4.78, 5) is 10.3. The number of aliphatic carboxylic acids is 1. The van der Waals surface area contributed by atoms with Gasteiger partial charge in [0.25, 0.3) is 0 Å². The van der Waals surface area contributed by atoms with Crippen LogP contribution in [0.25, 0.3) is 0 Å². The van der Waals surface area contributed by atoms with Crippen LogP contribution in [-0.2, 0) is 18.3 Å². The largest absolute Gasteiger partial charge is 0.481 e. The fraction of sp³-hybridized carbons (Fsp3) is 0.556. The Morgan fingerprint density at radius 3 is 2.71 bits per heavy atom. The van der Waals surface area contributed by atoms with Crippen LogP contribution < -0.4 is 0 Å². The van der Waals surface area contributed by atoms with Crippen LogP contribution >= 0.6 is 11.6 Å². The van der Waals surface area contributed by atoms with E-state index in [0.717, 1.165) is 11.3 Å². The third-order valence-electron chi connectivity index (χ3n) is 2.09. The number of aryl methyl sites for hydroxylation is 2. The zero-order valence-corrected chi connectivity index (χ0v) is 9.01. The van der Waals surface area contributed by atoms with Crippen molar-refractivity contribution in [3.8, 4) is 0 Å². The number of hydrogen-bond acceptors (Lipinski definition) is 2. The van der Waals surface area contributed by atoms with Gasteiger partial charge in [0, 0.05) is 19.0 Å². The molecule has 78 valence electrons. The Balaban J connectivity index is 2.62. The first-order chi connectivity index (χ1) is 6.52. The van der Waals surface area contributed by atoms with Crippen molar-refractivity contribution in [1.82, 2.24) is 9.78 Å². The smallest absolute Gasteiger partial charge is 0.303 e. The molecule has 0 unspecified atom stereocenters. The highest BCUT2D eigenvalue weighted by atomic mass is 35.5. The lowest BCUT2D eigenvalue weighted by Crippen LogP contribution is -1.96. The van der Waals surface area contributed by atoms with Gasteiger partial charge in [0.15, 0.2) is 0 Å². The fourth-order valence-corrected chi connectivity index (χ4v) is 1.64. The minimum Gasteiger partial charge on any atom is -0.481 e. The summed E-state index contributed by atoms with van der Waals surface area (Å²) in [5.41, 5.74) is 1.83. The Morgan fingerprint density at radius 2 is 2.29 bits per heavy atom. The number of carboxylic acid groups (broad SMARTS) is 1. The molecule has 1 aromatic heterocycles. The monoisotopic (exact) mass is 216 g/mol. The molecular weight excluding hydrogens is 204 g/mol. The number of halogens is 1. The molecule has 1 rings (SSSR count). The fourth-order valence-electron chi connectivity index (χ4n) is 1.37. The summed E-state index contributed by atoms with van der Waals surface area (Å²) >= 11 is 5.98. The Hall–Kier alpha value is -1.03. The summed E-state index contributed by atoms with van der Waals surface area (Å²) < 4.78 is 1.60. The van der Waals surface area contributed by atoms with Crippen molar-refractivity contribution >= 4 is 17.6 Å². The van der Waals surface area contributed by atoms with Gasteiger partial charge in [-0.05, 0) is 19.8 Å². The number of carboxylic acids is 1. The molecule has 0 amide bonds. The van der Waals surface area contributed by atoms with Crippen molar-refractivity contribution < 1.29 is 9.90 Å². The van der Waals surface area contributed by atoms with Crippen molar-refractivity contribution in [2.75, 3.05) is 0 Å². The average molecular weight is 217 g/mol. The molecule has 0 atom stereocenters. The van der Waals surface area contributed by atoms with E-state index in [1.54, 1.807) is 11.7 Å². The summed E-state index contributed by atoms with van der Waals surface area (Å²) in [6, 6.07) is 0. The van der Waals surface area contributed by atoms with Crippen molar-refractivity contribution in [2.24, 2.45) is 7.05 Å². The van der Waals surface area contributed by atoms with Crippen molar-refractivity contribution in [2.45, 2.75) is 26.2 Å². The number of carbonyl (C=O) groups is 1. The van der Waals surface area contributed by atoms with Crippen LogP contribution in [0.3, 0.4) is 0 Å². The van der Waals surface area contributed by atoms with Crippen molar-refractivity contribution in [1.29, 1.82) is 0 Å². The molecule has 1 heterocycles. The maximum atomic E-state index is 10.3. The van der Waals surface area contributed by atoms with Gasteiger partial charge in [0.2, 0.25) is 0 Å². The first kappa shape index (κ1) is 11.0. The normalized spacial score (nSPS) is 10.5. The molecule has 0 spiro atoms. The Labute approximate surface area is 87.5 Å². The van der Waals surface area contributed by atoms with Crippen LogP contribution in [0.4, 0.5) is 0 Å². The molecule has 0 aliphatic rings.